The molecule has 2 amide bonds. The Bertz CT molecular complexity index is 1350. The number of amidine groups is 1. The lowest BCUT2D eigenvalue weighted by molar-refractivity contribution is -0.130. The van der Waals surface area contributed by atoms with E-state index < -0.39 is 40.5 Å². The van der Waals surface area contributed by atoms with Crippen molar-refractivity contribution in [2.24, 2.45) is 5.73 Å². The van der Waals surface area contributed by atoms with Crippen LogP contribution in [0.1, 0.15) is 28.7 Å². The van der Waals surface area contributed by atoms with Crippen molar-refractivity contribution in [1.29, 1.82) is 5.41 Å². The second-order valence-corrected chi connectivity index (χ2v) is 10.8. The van der Waals surface area contributed by atoms with Crippen LogP contribution in [-0.2, 0) is 38.3 Å². The number of aliphatic hydroxyl groups excluding tert-OH is 1. The van der Waals surface area contributed by atoms with Crippen LogP contribution in [0.4, 0.5) is 0 Å². The first-order chi connectivity index (χ1) is 18.7. The normalized spacial score (nSPS) is 12.7. The Morgan fingerprint density at radius 2 is 1.41 bits per heavy atom. The molecule has 206 valence electrons. The number of nitrogens with one attached hydrogen (secondary N) is 4. The zero-order chi connectivity index (χ0) is 28.3. The van der Waals surface area contributed by atoms with Gasteiger partial charge in [0.2, 0.25) is 21.8 Å². The Kier molecular flexibility index (Phi) is 10.7. The topological polar surface area (TPSA) is 174 Å². The number of carbonyl (C=O) groups excluding carboxylic acids is 2. The van der Waals surface area contributed by atoms with Gasteiger partial charge in [-0.3, -0.25) is 15.0 Å². The minimum Gasteiger partial charge on any atom is -0.394 e. The Hall–Kier alpha value is -4.06. The summed E-state index contributed by atoms with van der Waals surface area (Å²) in [4.78, 5) is 25.9. The van der Waals surface area contributed by atoms with Crippen molar-refractivity contribution in [3.05, 3.63) is 107 Å². The van der Waals surface area contributed by atoms with Crippen LogP contribution in [0, 0.1) is 5.41 Å². The molecule has 0 aliphatic heterocycles. The highest BCUT2D eigenvalue weighted by Crippen LogP contribution is 2.10. The number of nitrogens with two attached hydrogens (primary N) is 1. The molecule has 3 aromatic rings. The summed E-state index contributed by atoms with van der Waals surface area (Å²) in [7, 11) is -3.90. The zero-order valence-electron chi connectivity index (χ0n) is 21.3. The molecule has 10 nitrogen and oxygen atoms in total. The lowest BCUT2D eigenvalue weighted by Crippen LogP contribution is -2.55. The number of carbonyl (C=O) groups is 2. The fraction of sp³-hybridized carbons (Fsp3) is 0.250. The molecule has 3 aromatic carbocycles. The highest BCUT2D eigenvalue weighted by molar-refractivity contribution is 7.88. The second-order valence-electron chi connectivity index (χ2n) is 9.01. The zero-order valence-corrected chi connectivity index (χ0v) is 22.2. The Morgan fingerprint density at radius 3 is 1.97 bits per heavy atom. The molecule has 0 spiro atoms. The molecule has 0 bridgehead atoms. The van der Waals surface area contributed by atoms with Crippen molar-refractivity contribution >= 4 is 27.7 Å². The van der Waals surface area contributed by atoms with Crippen LogP contribution in [0.3, 0.4) is 0 Å². The third kappa shape index (κ3) is 9.64. The van der Waals surface area contributed by atoms with E-state index in [0.29, 0.717) is 17.5 Å². The van der Waals surface area contributed by atoms with E-state index in [4.69, 9.17) is 11.1 Å². The van der Waals surface area contributed by atoms with Crippen molar-refractivity contribution in [2.75, 3.05) is 6.61 Å². The molecule has 0 unspecified atom stereocenters. The predicted molar refractivity (Wildman–Crippen MR) is 149 cm³/mol. The van der Waals surface area contributed by atoms with E-state index in [1.807, 2.05) is 30.3 Å². The van der Waals surface area contributed by atoms with Gasteiger partial charge >= 0.3 is 0 Å². The number of sulfonamides is 1. The Balaban J connectivity index is 1.66. The molecule has 7 N–H and O–H groups in total. The van der Waals surface area contributed by atoms with Crippen molar-refractivity contribution in [1.82, 2.24) is 15.4 Å². The number of rotatable bonds is 14. The van der Waals surface area contributed by atoms with Crippen LogP contribution in [-0.4, -0.2) is 49.9 Å². The van der Waals surface area contributed by atoms with Gasteiger partial charge in [0.15, 0.2) is 0 Å². The minimum absolute atomic E-state index is 0.0742. The largest absolute Gasteiger partial charge is 0.394 e. The second kappa shape index (κ2) is 14.2. The summed E-state index contributed by atoms with van der Waals surface area (Å²) in [6, 6.07) is 22.1. The quantitative estimate of drug-likeness (QED) is 0.130. The van der Waals surface area contributed by atoms with Crippen LogP contribution >= 0.6 is 0 Å². The Labute approximate surface area is 228 Å². The number of hydrogen-bond acceptors (Lipinski definition) is 6. The van der Waals surface area contributed by atoms with Crippen LogP contribution in [0.25, 0.3) is 0 Å². The number of nitrogen functional groups attached to an aromatic ring is 1. The number of hydrogen-bond donors (Lipinski definition) is 6. The fourth-order valence-electron chi connectivity index (χ4n) is 3.83. The van der Waals surface area contributed by atoms with Gasteiger partial charge in [-0.25, -0.2) is 13.1 Å². The maximum Gasteiger partial charge on any atom is 0.245 e. The summed E-state index contributed by atoms with van der Waals surface area (Å²) in [5.41, 5.74) is 8.21. The van der Waals surface area contributed by atoms with Gasteiger partial charge in [0, 0.05) is 12.1 Å². The van der Waals surface area contributed by atoms with Gasteiger partial charge in [-0.1, -0.05) is 84.9 Å². The first-order valence-electron chi connectivity index (χ1n) is 12.4. The molecule has 11 heteroatoms. The van der Waals surface area contributed by atoms with E-state index in [2.05, 4.69) is 15.4 Å². The van der Waals surface area contributed by atoms with Crippen molar-refractivity contribution in [3.63, 3.8) is 0 Å². The van der Waals surface area contributed by atoms with Crippen molar-refractivity contribution < 1.29 is 23.1 Å². The summed E-state index contributed by atoms with van der Waals surface area (Å²) < 4.78 is 28.3. The first-order valence-corrected chi connectivity index (χ1v) is 14.0. The molecule has 0 fully saturated rings. The first kappa shape index (κ1) is 29.5. The van der Waals surface area contributed by atoms with Gasteiger partial charge < -0.3 is 21.5 Å². The summed E-state index contributed by atoms with van der Waals surface area (Å²) in [6.45, 7) is -0.562. The minimum atomic E-state index is -3.90. The molecule has 39 heavy (non-hydrogen) atoms. The van der Waals surface area contributed by atoms with Gasteiger partial charge in [0.1, 0.15) is 17.9 Å². The molecule has 0 saturated heterocycles. The number of amides is 2. The van der Waals surface area contributed by atoms with Crippen molar-refractivity contribution in [3.8, 4) is 0 Å². The van der Waals surface area contributed by atoms with Crippen LogP contribution in [0.15, 0.2) is 84.9 Å². The molecule has 2 atom stereocenters. The van der Waals surface area contributed by atoms with Gasteiger partial charge in [-0.05, 0) is 29.5 Å². The van der Waals surface area contributed by atoms with Crippen molar-refractivity contribution in [2.45, 2.75) is 37.2 Å². The molecule has 3 rings (SSSR count). The smallest absolute Gasteiger partial charge is 0.245 e. The predicted octanol–water partition coefficient (Wildman–Crippen LogP) is 1.18. The van der Waals surface area contributed by atoms with E-state index >= 15 is 0 Å². The SMILES string of the molecule is N=C(N)c1ccc(CNC(=O)[C@@H](CO)NC(=O)[C@H](CCc2ccccc2)NS(=O)(=O)Cc2ccccc2)cc1. The van der Waals surface area contributed by atoms with Crippen LogP contribution in [0.2, 0.25) is 0 Å². The van der Waals surface area contributed by atoms with Gasteiger partial charge in [0.05, 0.1) is 12.4 Å². The standard InChI is InChI=1S/C28H33N5O5S/c29-26(30)23-14-11-21(12-15-23)17-31-27(35)25(18-34)32-28(36)24(16-13-20-7-3-1-4-8-20)33-39(37,38)19-22-9-5-2-6-10-22/h1-12,14-15,24-25,33-34H,13,16-19H2,(H3,29,30)(H,31,35)(H,32,36)/t24-,25+/m0/s1. The number of aliphatic hydroxyl groups is 1. The highest BCUT2D eigenvalue weighted by atomic mass is 32.2. The van der Waals surface area contributed by atoms with Gasteiger partial charge in [-0.15, -0.1) is 0 Å². The summed E-state index contributed by atoms with van der Waals surface area (Å²) in [5, 5.41) is 22.4. The molecule has 0 aliphatic rings. The monoisotopic (exact) mass is 551 g/mol. The summed E-state index contributed by atoms with van der Waals surface area (Å²) in [5.74, 6) is -1.73. The molecular formula is C28H33N5O5S. The molecule has 0 radical (unpaired) electrons. The third-order valence-electron chi connectivity index (χ3n) is 5.95. The number of aryl methyl sites for hydroxylation is 1. The molecule has 0 aromatic heterocycles. The fourth-order valence-corrected chi connectivity index (χ4v) is 5.21. The molecular weight excluding hydrogens is 518 g/mol. The van der Waals surface area contributed by atoms with E-state index in [1.54, 1.807) is 54.6 Å². The number of benzene rings is 3. The Morgan fingerprint density at radius 1 is 0.821 bits per heavy atom. The van der Waals surface area contributed by atoms with E-state index in [-0.39, 0.29) is 24.6 Å². The maximum atomic E-state index is 13.2. The molecule has 0 heterocycles. The van der Waals surface area contributed by atoms with Crippen LogP contribution in [0.5, 0.6) is 0 Å². The average Bonchev–Trinajstić information content (AvgIpc) is 2.93. The highest BCUT2D eigenvalue weighted by Gasteiger charge is 2.28. The van der Waals surface area contributed by atoms with Crippen LogP contribution < -0.4 is 21.1 Å². The van der Waals surface area contributed by atoms with E-state index in [9.17, 15) is 23.1 Å². The lowest BCUT2D eigenvalue weighted by Gasteiger charge is -2.22. The summed E-state index contributed by atoms with van der Waals surface area (Å²) >= 11 is 0. The third-order valence-corrected chi connectivity index (χ3v) is 7.31. The average molecular weight is 552 g/mol. The maximum absolute atomic E-state index is 13.2. The molecule has 0 aliphatic carbocycles. The summed E-state index contributed by atoms with van der Waals surface area (Å²) in [6.07, 6.45) is 0.561. The lowest BCUT2D eigenvalue weighted by atomic mass is 10.0. The van der Waals surface area contributed by atoms with E-state index in [1.165, 1.54) is 0 Å². The van der Waals surface area contributed by atoms with Gasteiger partial charge in [0.25, 0.3) is 0 Å². The van der Waals surface area contributed by atoms with Gasteiger partial charge in [-0.2, -0.15) is 0 Å². The van der Waals surface area contributed by atoms with E-state index in [0.717, 1.165) is 11.1 Å². The molecule has 0 saturated carbocycles.